The lowest BCUT2D eigenvalue weighted by atomic mass is 9.78. The van der Waals surface area contributed by atoms with Gasteiger partial charge in [-0.3, -0.25) is 4.79 Å². The van der Waals surface area contributed by atoms with E-state index in [9.17, 15) is 4.79 Å². The van der Waals surface area contributed by atoms with E-state index in [1.807, 2.05) is 6.07 Å². The van der Waals surface area contributed by atoms with Gasteiger partial charge in [0.15, 0.2) is 0 Å². The van der Waals surface area contributed by atoms with Gasteiger partial charge in [-0.05, 0) is 67.7 Å². The van der Waals surface area contributed by atoms with Gasteiger partial charge in [-0.1, -0.05) is 18.9 Å². The van der Waals surface area contributed by atoms with Gasteiger partial charge >= 0.3 is 0 Å². The van der Waals surface area contributed by atoms with Crippen molar-refractivity contribution in [3.05, 3.63) is 29.3 Å². The minimum Gasteiger partial charge on any atom is -0.326 e. The summed E-state index contributed by atoms with van der Waals surface area (Å²) in [4.78, 5) is 12.0. The molecule has 2 nitrogen and oxygen atoms in total. The highest BCUT2D eigenvalue weighted by Crippen LogP contribution is 2.39. The van der Waals surface area contributed by atoms with E-state index in [2.05, 4.69) is 24.4 Å². The average molecular weight is 257 g/mol. The third-order valence-electron chi connectivity index (χ3n) is 4.81. The van der Waals surface area contributed by atoms with Gasteiger partial charge in [-0.25, -0.2) is 0 Å². The molecule has 0 unspecified atom stereocenters. The molecule has 0 radical (unpaired) electrons. The van der Waals surface area contributed by atoms with Crippen molar-refractivity contribution in [1.82, 2.24) is 0 Å². The average Bonchev–Trinajstić information content (AvgIpc) is 2.26. The van der Waals surface area contributed by atoms with Crippen molar-refractivity contribution < 1.29 is 4.79 Å². The molecule has 2 heteroatoms. The summed E-state index contributed by atoms with van der Waals surface area (Å²) in [5.74, 6) is 1.55. The van der Waals surface area contributed by atoms with E-state index in [0.717, 1.165) is 11.6 Å². The summed E-state index contributed by atoms with van der Waals surface area (Å²) >= 11 is 0. The lowest BCUT2D eigenvalue weighted by Gasteiger charge is -2.28. The van der Waals surface area contributed by atoms with E-state index < -0.39 is 0 Å². The Kier molecular flexibility index (Phi) is 3.58. The summed E-state index contributed by atoms with van der Waals surface area (Å²) < 4.78 is 0. The highest BCUT2D eigenvalue weighted by atomic mass is 16.1. The zero-order chi connectivity index (χ0) is 13.2. The lowest BCUT2D eigenvalue weighted by molar-refractivity contribution is -0.117. The van der Waals surface area contributed by atoms with Crippen LogP contribution in [0.5, 0.6) is 0 Å². The van der Waals surface area contributed by atoms with E-state index in [1.54, 1.807) is 0 Å². The first kappa shape index (κ1) is 12.7. The highest BCUT2D eigenvalue weighted by Gasteiger charge is 2.23. The minimum atomic E-state index is 0.188. The Balaban J connectivity index is 1.64. The maximum absolute atomic E-state index is 12.0. The van der Waals surface area contributed by atoms with Gasteiger partial charge in [0, 0.05) is 12.1 Å². The fraction of sp³-hybridized carbons (Fsp3) is 0.588. The number of aryl methyl sites for hydroxylation is 1. The summed E-state index contributed by atoms with van der Waals surface area (Å²) in [6, 6.07) is 6.38. The Hall–Kier alpha value is -1.31. The third-order valence-corrected chi connectivity index (χ3v) is 4.81. The number of carbonyl (C=O) groups is 1. The number of nitrogens with one attached hydrogen (secondary N) is 1. The first-order valence-corrected chi connectivity index (χ1v) is 7.63. The molecule has 3 rings (SSSR count). The Morgan fingerprint density at radius 3 is 2.53 bits per heavy atom. The van der Waals surface area contributed by atoms with Gasteiger partial charge < -0.3 is 5.32 Å². The van der Waals surface area contributed by atoms with E-state index in [1.165, 1.54) is 49.7 Å². The Bertz CT molecular complexity index is 472. The van der Waals surface area contributed by atoms with Crippen molar-refractivity contribution in [1.29, 1.82) is 0 Å². The zero-order valence-electron chi connectivity index (χ0n) is 11.7. The van der Waals surface area contributed by atoms with Crippen molar-refractivity contribution in [3.8, 4) is 0 Å². The van der Waals surface area contributed by atoms with E-state index in [4.69, 9.17) is 0 Å². The number of hydrogen-bond donors (Lipinski definition) is 1. The summed E-state index contributed by atoms with van der Waals surface area (Å²) in [7, 11) is 0. The summed E-state index contributed by atoms with van der Waals surface area (Å²) in [5, 5.41) is 3.07. The molecule has 2 saturated carbocycles. The molecular weight excluding hydrogens is 234 g/mol. The number of amides is 1. The van der Waals surface area contributed by atoms with Gasteiger partial charge in [0.25, 0.3) is 0 Å². The monoisotopic (exact) mass is 257 g/mol. The maximum atomic E-state index is 12.0. The third kappa shape index (κ3) is 2.83. The van der Waals surface area contributed by atoms with Crippen LogP contribution in [-0.2, 0) is 4.79 Å². The molecule has 0 aromatic heterocycles. The zero-order valence-corrected chi connectivity index (χ0v) is 11.7. The van der Waals surface area contributed by atoms with Gasteiger partial charge in [-0.15, -0.1) is 0 Å². The first-order valence-electron chi connectivity index (χ1n) is 7.63. The molecule has 1 aromatic rings. The Labute approximate surface area is 115 Å². The van der Waals surface area contributed by atoms with Crippen LogP contribution in [0.4, 0.5) is 5.69 Å². The van der Waals surface area contributed by atoms with Crippen LogP contribution >= 0.6 is 0 Å². The summed E-state index contributed by atoms with van der Waals surface area (Å²) in [5.41, 5.74) is 3.78. The topological polar surface area (TPSA) is 29.1 Å². The van der Waals surface area contributed by atoms with Crippen LogP contribution in [-0.4, -0.2) is 5.91 Å². The molecule has 2 aliphatic carbocycles. The van der Waals surface area contributed by atoms with Crippen molar-refractivity contribution in [3.63, 3.8) is 0 Å². The Morgan fingerprint density at radius 2 is 1.95 bits per heavy atom. The molecule has 1 N–H and O–H groups in total. The molecule has 1 aromatic carbocycles. The van der Waals surface area contributed by atoms with Crippen molar-refractivity contribution in [2.24, 2.45) is 5.92 Å². The number of hydrogen-bond acceptors (Lipinski definition) is 1. The van der Waals surface area contributed by atoms with Crippen LogP contribution in [0.15, 0.2) is 18.2 Å². The van der Waals surface area contributed by atoms with Gasteiger partial charge in [0.05, 0.1) is 0 Å². The van der Waals surface area contributed by atoms with Crippen LogP contribution < -0.4 is 5.32 Å². The van der Waals surface area contributed by atoms with E-state index >= 15 is 0 Å². The normalized spacial score (nSPS) is 19.6. The second-order valence-electron chi connectivity index (χ2n) is 6.25. The molecule has 2 aliphatic rings. The maximum Gasteiger partial charge on any atom is 0.224 e. The second-order valence-corrected chi connectivity index (χ2v) is 6.25. The van der Waals surface area contributed by atoms with Crippen molar-refractivity contribution in [2.45, 2.75) is 57.8 Å². The van der Waals surface area contributed by atoms with Crippen LogP contribution in [0, 0.1) is 12.8 Å². The Morgan fingerprint density at radius 1 is 1.21 bits per heavy atom. The molecule has 102 valence electrons. The van der Waals surface area contributed by atoms with Crippen LogP contribution in [0.25, 0.3) is 0 Å². The largest absolute Gasteiger partial charge is 0.326 e. The number of benzene rings is 1. The smallest absolute Gasteiger partial charge is 0.224 e. The molecular formula is C17H23NO. The number of anilines is 1. The molecule has 2 fully saturated rings. The standard InChI is InChI=1S/C17H23NO/c1-12-8-9-15(11-16(12)14-6-3-7-14)18-17(19)10-13-4-2-5-13/h8-9,11,13-14H,2-7,10H2,1H3,(H,18,19). The molecule has 19 heavy (non-hydrogen) atoms. The van der Waals surface area contributed by atoms with E-state index in [0.29, 0.717) is 12.3 Å². The number of carbonyl (C=O) groups excluding carboxylic acids is 1. The predicted molar refractivity (Wildman–Crippen MR) is 78.4 cm³/mol. The molecule has 0 bridgehead atoms. The minimum absolute atomic E-state index is 0.188. The highest BCUT2D eigenvalue weighted by molar-refractivity contribution is 5.91. The fourth-order valence-corrected chi connectivity index (χ4v) is 3.05. The first-order chi connectivity index (χ1) is 9.22. The van der Waals surface area contributed by atoms with Gasteiger partial charge in [0.1, 0.15) is 0 Å². The quantitative estimate of drug-likeness (QED) is 0.851. The van der Waals surface area contributed by atoms with Gasteiger partial charge in [-0.2, -0.15) is 0 Å². The fourth-order valence-electron chi connectivity index (χ4n) is 3.05. The molecule has 0 aliphatic heterocycles. The summed E-state index contributed by atoms with van der Waals surface area (Å²) in [6.07, 6.45) is 8.42. The van der Waals surface area contributed by atoms with Crippen LogP contribution in [0.3, 0.4) is 0 Å². The molecule has 0 heterocycles. The van der Waals surface area contributed by atoms with Crippen molar-refractivity contribution >= 4 is 11.6 Å². The molecule has 0 saturated heterocycles. The van der Waals surface area contributed by atoms with Crippen molar-refractivity contribution in [2.75, 3.05) is 5.32 Å². The lowest BCUT2D eigenvalue weighted by Crippen LogP contribution is -2.21. The predicted octanol–water partition coefficient (Wildman–Crippen LogP) is 4.39. The molecule has 0 atom stereocenters. The SMILES string of the molecule is Cc1ccc(NC(=O)CC2CCC2)cc1C1CCC1. The summed E-state index contributed by atoms with van der Waals surface area (Å²) in [6.45, 7) is 2.17. The van der Waals surface area contributed by atoms with Crippen LogP contribution in [0.1, 0.15) is 62.0 Å². The second kappa shape index (κ2) is 5.36. The van der Waals surface area contributed by atoms with Crippen LogP contribution in [0.2, 0.25) is 0 Å². The van der Waals surface area contributed by atoms with E-state index in [-0.39, 0.29) is 5.91 Å². The number of rotatable bonds is 4. The molecule has 0 spiro atoms. The van der Waals surface area contributed by atoms with Gasteiger partial charge in [0.2, 0.25) is 5.91 Å². The molecule has 1 amide bonds.